The van der Waals surface area contributed by atoms with Crippen LogP contribution < -0.4 is 5.32 Å². The highest BCUT2D eigenvalue weighted by molar-refractivity contribution is 7.89. The Morgan fingerprint density at radius 1 is 1.08 bits per heavy atom. The van der Waals surface area contributed by atoms with Crippen LogP contribution in [0.4, 0.5) is 0 Å². The van der Waals surface area contributed by atoms with Crippen LogP contribution in [0, 0.1) is 0 Å². The van der Waals surface area contributed by atoms with Gasteiger partial charge in [0.2, 0.25) is 10.0 Å². The molecule has 9 nitrogen and oxygen atoms in total. The zero-order valence-corrected chi connectivity index (χ0v) is 22.7. The summed E-state index contributed by atoms with van der Waals surface area (Å²) < 4.78 is 29.7. The number of hydrogen-bond acceptors (Lipinski definition) is 5. The van der Waals surface area contributed by atoms with Gasteiger partial charge in [0.25, 0.3) is 5.91 Å². The van der Waals surface area contributed by atoms with E-state index in [-0.39, 0.29) is 16.4 Å². The smallest absolute Gasteiger partial charge is 0.251 e. The molecule has 0 bridgehead atoms. The van der Waals surface area contributed by atoms with Crippen molar-refractivity contribution in [3.8, 4) is 0 Å². The van der Waals surface area contributed by atoms with E-state index in [1.54, 1.807) is 26.0 Å². The Bertz CT molecular complexity index is 1540. The number of aryl methyl sites for hydroxylation is 1. The van der Waals surface area contributed by atoms with Gasteiger partial charge in [-0.1, -0.05) is 44.5 Å². The Balaban J connectivity index is 1.48. The first-order valence-corrected chi connectivity index (χ1v) is 14.7. The molecule has 0 radical (unpaired) electrons. The van der Waals surface area contributed by atoms with E-state index in [4.69, 9.17) is 0 Å². The third kappa shape index (κ3) is 5.10. The normalized spacial score (nSPS) is 14.8. The van der Waals surface area contributed by atoms with Gasteiger partial charge in [-0.25, -0.2) is 8.42 Å². The largest absolute Gasteiger partial charge is 0.361 e. The summed E-state index contributed by atoms with van der Waals surface area (Å²) >= 11 is 0. The van der Waals surface area contributed by atoms with E-state index < -0.39 is 16.1 Å². The van der Waals surface area contributed by atoms with Crippen molar-refractivity contribution >= 4 is 26.8 Å². The monoisotopic (exact) mass is 534 g/mol. The minimum atomic E-state index is -3.69. The van der Waals surface area contributed by atoms with Crippen molar-refractivity contribution in [3.05, 3.63) is 77.5 Å². The number of carbonyl (C=O) groups excluding carboxylic acids is 1. The van der Waals surface area contributed by atoms with E-state index in [0.29, 0.717) is 19.5 Å². The second-order valence-electron chi connectivity index (χ2n) is 9.64. The van der Waals surface area contributed by atoms with Gasteiger partial charge in [-0.15, -0.1) is 10.2 Å². The molecule has 1 aliphatic rings. The second kappa shape index (κ2) is 11.1. The maximum absolute atomic E-state index is 13.6. The lowest BCUT2D eigenvalue weighted by atomic mass is 10.0. The van der Waals surface area contributed by atoms with Crippen molar-refractivity contribution in [1.82, 2.24) is 29.4 Å². The third-order valence-corrected chi connectivity index (χ3v) is 9.34. The van der Waals surface area contributed by atoms with Crippen LogP contribution in [0.15, 0.2) is 59.6 Å². The van der Waals surface area contributed by atoms with Crippen LogP contribution >= 0.6 is 0 Å². The fourth-order valence-electron chi connectivity index (χ4n) is 5.24. The van der Waals surface area contributed by atoms with Crippen molar-refractivity contribution in [1.29, 1.82) is 0 Å². The van der Waals surface area contributed by atoms with E-state index >= 15 is 0 Å². The topological polar surface area (TPSA) is 113 Å². The summed E-state index contributed by atoms with van der Waals surface area (Å²) in [6.07, 6.45) is 6.61. The zero-order chi connectivity index (χ0) is 26.7. The Hall–Kier alpha value is -3.50. The predicted octanol–water partition coefficient (Wildman–Crippen LogP) is 4.23. The van der Waals surface area contributed by atoms with E-state index in [0.717, 1.165) is 60.3 Å². The van der Waals surface area contributed by atoms with Crippen LogP contribution in [0.5, 0.6) is 0 Å². The molecule has 1 amide bonds. The number of rotatable bonds is 9. The number of fused-ring (bicyclic) bond motifs is 2. The fraction of sp³-hybridized carbons (Fsp3) is 0.393. The van der Waals surface area contributed by atoms with Gasteiger partial charge < -0.3 is 14.9 Å². The molecule has 2 aromatic carbocycles. The Labute approximate surface area is 223 Å². The summed E-state index contributed by atoms with van der Waals surface area (Å²) in [6, 6.07) is 13.9. The van der Waals surface area contributed by atoms with Crippen LogP contribution in [0.1, 0.15) is 66.7 Å². The maximum Gasteiger partial charge on any atom is 0.251 e. The molecule has 38 heavy (non-hydrogen) atoms. The number of nitrogens with one attached hydrogen (secondary N) is 2. The van der Waals surface area contributed by atoms with Crippen LogP contribution in [0.25, 0.3) is 10.9 Å². The standard InChI is InChI=1S/C28H34N6O3S/c1-3-33(4-2)38(36,37)22-12-10-11-20(17-22)28(35)30-25(18-21-19-29-24-14-8-7-13-23(21)24)27-32-31-26-15-6-5-9-16-34(26)27/h7-8,10-14,17,19,25,29H,3-6,9,15-16,18H2,1-2H3,(H,30,35)/t25-/m0/s1. The van der Waals surface area contributed by atoms with E-state index in [1.165, 1.54) is 16.4 Å². The van der Waals surface area contributed by atoms with Crippen LogP contribution in [-0.2, 0) is 29.4 Å². The highest BCUT2D eigenvalue weighted by Crippen LogP contribution is 2.27. The second-order valence-corrected chi connectivity index (χ2v) is 11.6. The molecule has 0 aliphatic carbocycles. The van der Waals surface area contributed by atoms with Crippen LogP contribution in [-0.4, -0.2) is 51.5 Å². The number of sulfonamides is 1. The number of aromatic amines is 1. The molecule has 4 aromatic rings. The van der Waals surface area contributed by atoms with E-state index in [1.807, 2.05) is 24.4 Å². The molecule has 200 valence electrons. The molecule has 0 fully saturated rings. The number of aromatic nitrogens is 4. The molecular weight excluding hydrogens is 500 g/mol. The van der Waals surface area contributed by atoms with Gasteiger partial charge in [-0.3, -0.25) is 4.79 Å². The first-order valence-electron chi connectivity index (χ1n) is 13.3. The summed E-state index contributed by atoms with van der Waals surface area (Å²) in [5.74, 6) is 1.33. The summed E-state index contributed by atoms with van der Waals surface area (Å²) in [4.78, 5) is 17.0. The van der Waals surface area contributed by atoms with Gasteiger partial charge in [-0.2, -0.15) is 4.31 Å². The molecule has 0 unspecified atom stereocenters. The van der Waals surface area contributed by atoms with Crippen molar-refractivity contribution in [2.75, 3.05) is 13.1 Å². The summed E-state index contributed by atoms with van der Waals surface area (Å²) in [5, 5.41) is 13.3. The van der Waals surface area contributed by atoms with Crippen molar-refractivity contribution in [2.45, 2.75) is 63.4 Å². The number of benzene rings is 2. The van der Waals surface area contributed by atoms with Crippen LogP contribution in [0.3, 0.4) is 0 Å². The lowest BCUT2D eigenvalue weighted by Gasteiger charge is -2.21. The number of nitrogens with zero attached hydrogens (tertiary/aromatic N) is 4. The molecule has 3 heterocycles. The van der Waals surface area contributed by atoms with Crippen molar-refractivity contribution < 1.29 is 13.2 Å². The molecule has 1 atom stereocenters. The number of H-pyrrole nitrogens is 1. The SMILES string of the molecule is CCN(CC)S(=O)(=O)c1cccc(C(=O)N[C@@H](Cc2c[nH]c3ccccc23)c2nnc3n2CCCCC3)c1. The zero-order valence-electron chi connectivity index (χ0n) is 21.9. The Morgan fingerprint density at radius 2 is 1.89 bits per heavy atom. The molecular formula is C28H34N6O3S. The van der Waals surface area contributed by atoms with E-state index in [2.05, 4.69) is 31.1 Å². The van der Waals surface area contributed by atoms with E-state index in [9.17, 15) is 13.2 Å². The van der Waals surface area contributed by atoms with Gasteiger partial charge in [-0.05, 0) is 42.7 Å². The van der Waals surface area contributed by atoms with Gasteiger partial charge >= 0.3 is 0 Å². The molecule has 2 aromatic heterocycles. The van der Waals surface area contributed by atoms with Gasteiger partial charge in [0.05, 0.1) is 10.9 Å². The van der Waals surface area contributed by atoms with Gasteiger partial charge in [0, 0.05) is 55.1 Å². The average Bonchev–Trinajstić information content (AvgIpc) is 3.45. The quantitative estimate of drug-likeness (QED) is 0.334. The number of hydrogen-bond donors (Lipinski definition) is 2. The molecule has 0 spiro atoms. The number of amides is 1. The van der Waals surface area contributed by atoms with Gasteiger partial charge in [0.1, 0.15) is 5.82 Å². The molecule has 10 heteroatoms. The highest BCUT2D eigenvalue weighted by Gasteiger charge is 2.27. The summed E-state index contributed by atoms with van der Waals surface area (Å²) in [6.45, 7) is 5.14. The lowest BCUT2D eigenvalue weighted by Crippen LogP contribution is -2.33. The van der Waals surface area contributed by atoms with Crippen molar-refractivity contribution in [2.24, 2.45) is 0 Å². The highest BCUT2D eigenvalue weighted by atomic mass is 32.2. The molecule has 5 rings (SSSR count). The first kappa shape index (κ1) is 26.1. The predicted molar refractivity (Wildman–Crippen MR) is 146 cm³/mol. The fourth-order valence-corrected chi connectivity index (χ4v) is 6.75. The van der Waals surface area contributed by atoms with Crippen LogP contribution in [0.2, 0.25) is 0 Å². The maximum atomic E-state index is 13.6. The molecule has 2 N–H and O–H groups in total. The lowest BCUT2D eigenvalue weighted by molar-refractivity contribution is 0.0933. The average molecular weight is 535 g/mol. The van der Waals surface area contributed by atoms with Crippen molar-refractivity contribution in [3.63, 3.8) is 0 Å². The summed E-state index contributed by atoms with van der Waals surface area (Å²) in [7, 11) is -3.69. The first-order chi connectivity index (χ1) is 18.4. The molecule has 0 saturated heterocycles. The Morgan fingerprint density at radius 3 is 2.71 bits per heavy atom. The minimum absolute atomic E-state index is 0.110. The molecule has 1 aliphatic heterocycles. The third-order valence-electron chi connectivity index (χ3n) is 7.29. The number of para-hydroxylation sites is 1. The minimum Gasteiger partial charge on any atom is -0.361 e. The molecule has 0 saturated carbocycles. The summed E-state index contributed by atoms with van der Waals surface area (Å²) in [5.41, 5.74) is 2.38. The number of carbonyl (C=O) groups is 1. The van der Waals surface area contributed by atoms with Gasteiger partial charge in [0.15, 0.2) is 5.82 Å². The Kier molecular flexibility index (Phi) is 7.62.